The van der Waals surface area contributed by atoms with E-state index in [0.29, 0.717) is 12.2 Å². The summed E-state index contributed by atoms with van der Waals surface area (Å²) in [5.41, 5.74) is 0.579. The van der Waals surface area contributed by atoms with Gasteiger partial charge in [-0.25, -0.2) is 0 Å². The molecule has 0 bridgehead atoms. The molecule has 0 N–H and O–H groups in total. The fraction of sp³-hybridized carbons (Fsp3) is 0.400. The Bertz CT molecular complexity index is 370. The van der Waals surface area contributed by atoms with Crippen molar-refractivity contribution in [3.63, 3.8) is 0 Å². The van der Waals surface area contributed by atoms with E-state index < -0.39 is 4.92 Å². The topological polar surface area (TPSA) is 61.6 Å². The minimum atomic E-state index is -0.503. The van der Waals surface area contributed by atoms with Crippen LogP contribution in [0.5, 0.6) is 5.75 Å². The first kappa shape index (κ1) is 12.7. The Morgan fingerprint density at radius 1 is 1.50 bits per heavy atom. The molecule has 0 saturated heterocycles. The van der Waals surface area contributed by atoms with E-state index in [-0.39, 0.29) is 24.1 Å². The van der Waals surface area contributed by atoms with Crippen LogP contribution in [0.15, 0.2) is 18.2 Å². The second-order valence-corrected chi connectivity index (χ2v) is 3.22. The van der Waals surface area contributed by atoms with Gasteiger partial charge in [0.05, 0.1) is 4.92 Å². The van der Waals surface area contributed by atoms with Crippen LogP contribution in [0.1, 0.15) is 12.5 Å². The van der Waals surface area contributed by atoms with Crippen LogP contribution in [-0.4, -0.2) is 18.3 Å². The summed E-state index contributed by atoms with van der Waals surface area (Å²) >= 11 is 5.59. The summed E-state index contributed by atoms with van der Waals surface area (Å²) in [7, 11) is 0. The second kappa shape index (κ2) is 6.30. The molecule has 0 aliphatic carbocycles. The molecule has 0 aliphatic heterocycles. The predicted octanol–water partition coefficient (Wildman–Crippen LogP) is 2.71. The maximum Gasteiger partial charge on any atom is 0.311 e. The molecule has 6 heteroatoms. The molecule has 0 aliphatic rings. The van der Waals surface area contributed by atoms with Crippen LogP contribution in [0.2, 0.25) is 0 Å². The summed E-state index contributed by atoms with van der Waals surface area (Å²) in [4.78, 5) is 10.3. The average Bonchev–Trinajstić information content (AvgIpc) is 2.29. The van der Waals surface area contributed by atoms with Crippen molar-refractivity contribution in [3.05, 3.63) is 33.9 Å². The van der Waals surface area contributed by atoms with Gasteiger partial charge >= 0.3 is 5.69 Å². The zero-order chi connectivity index (χ0) is 12.0. The zero-order valence-electron chi connectivity index (χ0n) is 8.81. The third kappa shape index (κ3) is 3.36. The number of rotatable bonds is 6. The molecule has 0 unspecified atom stereocenters. The third-order valence-electron chi connectivity index (χ3n) is 1.88. The lowest BCUT2D eigenvalue weighted by Crippen LogP contribution is -2.04. The molecule has 0 fully saturated rings. The molecule has 1 rings (SSSR count). The smallest absolute Gasteiger partial charge is 0.311 e. The van der Waals surface area contributed by atoms with E-state index in [4.69, 9.17) is 21.1 Å². The third-order valence-corrected chi connectivity index (χ3v) is 2.18. The van der Waals surface area contributed by atoms with Crippen molar-refractivity contribution in [1.82, 2.24) is 0 Å². The minimum Gasteiger partial charge on any atom is -0.460 e. The van der Waals surface area contributed by atoms with Crippen molar-refractivity contribution < 1.29 is 14.4 Å². The van der Waals surface area contributed by atoms with Crippen molar-refractivity contribution in [2.75, 3.05) is 13.4 Å². The molecule has 16 heavy (non-hydrogen) atoms. The van der Waals surface area contributed by atoms with E-state index in [0.717, 1.165) is 0 Å². The average molecular weight is 246 g/mol. The van der Waals surface area contributed by atoms with Crippen LogP contribution in [0.4, 0.5) is 5.69 Å². The maximum absolute atomic E-state index is 10.8. The highest BCUT2D eigenvalue weighted by molar-refractivity contribution is 6.17. The number of nitro benzene ring substituents is 1. The molecule has 0 heterocycles. The molecule has 0 spiro atoms. The Balaban J connectivity index is 2.85. The lowest BCUT2D eigenvalue weighted by molar-refractivity contribution is -0.386. The van der Waals surface area contributed by atoms with Gasteiger partial charge in [-0.2, -0.15) is 0 Å². The molecular weight excluding hydrogens is 234 g/mol. The number of nitrogens with zero attached hydrogens (tertiary/aromatic N) is 1. The Morgan fingerprint density at radius 2 is 2.25 bits per heavy atom. The number of benzene rings is 1. The van der Waals surface area contributed by atoms with Crippen molar-refractivity contribution >= 4 is 17.3 Å². The van der Waals surface area contributed by atoms with Gasteiger partial charge in [0.1, 0.15) is 0 Å². The van der Waals surface area contributed by atoms with Crippen molar-refractivity contribution in [3.8, 4) is 5.75 Å². The van der Waals surface area contributed by atoms with E-state index in [1.54, 1.807) is 6.07 Å². The van der Waals surface area contributed by atoms with E-state index in [1.807, 2.05) is 6.92 Å². The van der Waals surface area contributed by atoms with E-state index >= 15 is 0 Å². The molecule has 0 aromatic heterocycles. The monoisotopic (exact) mass is 245 g/mol. The molecule has 0 radical (unpaired) electrons. The molecule has 88 valence electrons. The highest BCUT2D eigenvalue weighted by atomic mass is 35.5. The van der Waals surface area contributed by atoms with Crippen molar-refractivity contribution in [2.45, 2.75) is 12.8 Å². The zero-order valence-corrected chi connectivity index (χ0v) is 9.57. The summed E-state index contributed by atoms with van der Waals surface area (Å²) in [6.07, 6.45) is 0. The van der Waals surface area contributed by atoms with Crippen LogP contribution < -0.4 is 4.74 Å². The van der Waals surface area contributed by atoms with Crippen LogP contribution in [0.25, 0.3) is 0 Å². The first-order valence-corrected chi connectivity index (χ1v) is 5.26. The molecule has 1 aromatic carbocycles. The Kier molecular flexibility index (Phi) is 5.01. The fourth-order valence-electron chi connectivity index (χ4n) is 1.10. The quantitative estimate of drug-likeness (QED) is 0.254. The highest BCUT2D eigenvalue weighted by Gasteiger charge is 2.15. The number of hydrogen-bond acceptors (Lipinski definition) is 4. The van der Waals surface area contributed by atoms with E-state index in [9.17, 15) is 10.1 Å². The van der Waals surface area contributed by atoms with Crippen molar-refractivity contribution in [2.24, 2.45) is 0 Å². The normalized spacial score (nSPS) is 10.1. The van der Waals surface area contributed by atoms with Crippen LogP contribution >= 0.6 is 11.6 Å². The van der Waals surface area contributed by atoms with Crippen LogP contribution in [0, 0.1) is 10.1 Å². The molecule has 5 nitrogen and oxygen atoms in total. The SMILES string of the molecule is CCOCOc1ccc(CCl)cc1[N+](=O)[O-]. The molecular formula is C10H12ClNO4. The molecule has 0 amide bonds. The van der Waals surface area contributed by atoms with Gasteiger partial charge in [0.15, 0.2) is 12.5 Å². The van der Waals surface area contributed by atoms with Gasteiger partial charge in [-0.3, -0.25) is 10.1 Å². The van der Waals surface area contributed by atoms with Crippen molar-refractivity contribution in [1.29, 1.82) is 0 Å². The summed E-state index contributed by atoms with van der Waals surface area (Å²) in [6.45, 7) is 2.31. The first-order valence-electron chi connectivity index (χ1n) is 4.72. The van der Waals surface area contributed by atoms with Gasteiger partial charge in [0.2, 0.25) is 0 Å². The Labute approximate surface area is 98.1 Å². The Morgan fingerprint density at radius 3 is 2.81 bits per heavy atom. The van der Waals surface area contributed by atoms with Gasteiger partial charge in [-0.1, -0.05) is 6.07 Å². The van der Waals surface area contributed by atoms with Crippen LogP contribution in [-0.2, 0) is 10.6 Å². The molecule has 1 aromatic rings. The predicted molar refractivity (Wildman–Crippen MR) is 59.8 cm³/mol. The number of halogens is 1. The van der Waals surface area contributed by atoms with E-state index in [2.05, 4.69) is 0 Å². The maximum atomic E-state index is 10.8. The first-order chi connectivity index (χ1) is 7.69. The molecule has 0 saturated carbocycles. The van der Waals surface area contributed by atoms with Gasteiger partial charge in [0.25, 0.3) is 0 Å². The standard InChI is InChI=1S/C10H12ClNO4/c1-2-15-7-16-10-4-3-8(6-11)5-9(10)12(13)14/h3-5H,2,6-7H2,1H3. The highest BCUT2D eigenvalue weighted by Crippen LogP contribution is 2.28. The van der Waals surface area contributed by atoms with E-state index in [1.165, 1.54) is 12.1 Å². The Hall–Kier alpha value is -1.33. The van der Waals surface area contributed by atoms with Gasteiger partial charge in [-0.15, -0.1) is 11.6 Å². The summed E-state index contributed by atoms with van der Waals surface area (Å²) < 4.78 is 10.1. The number of alkyl halides is 1. The number of nitro groups is 1. The molecule has 0 atom stereocenters. The van der Waals surface area contributed by atoms with Gasteiger partial charge in [0, 0.05) is 18.6 Å². The fourth-order valence-corrected chi connectivity index (χ4v) is 1.27. The summed E-state index contributed by atoms with van der Waals surface area (Å²) in [5, 5.41) is 10.8. The lowest BCUT2D eigenvalue weighted by Gasteiger charge is -2.07. The lowest BCUT2D eigenvalue weighted by atomic mass is 10.2. The van der Waals surface area contributed by atoms with Gasteiger partial charge < -0.3 is 9.47 Å². The minimum absolute atomic E-state index is 0.00242. The second-order valence-electron chi connectivity index (χ2n) is 2.95. The summed E-state index contributed by atoms with van der Waals surface area (Å²) in [6, 6.07) is 4.60. The van der Waals surface area contributed by atoms with Gasteiger partial charge in [-0.05, 0) is 18.6 Å². The number of ether oxygens (including phenoxy) is 2. The number of hydrogen-bond donors (Lipinski definition) is 0. The largest absolute Gasteiger partial charge is 0.460 e. The van der Waals surface area contributed by atoms with Crippen LogP contribution in [0.3, 0.4) is 0 Å². The summed E-state index contributed by atoms with van der Waals surface area (Å²) in [5.74, 6) is 0.416.